The van der Waals surface area contributed by atoms with E-state index in [9.17, 15) is 19.2 Å². The Morgan fingerprint density at radius 3 is 1.82 bits per heavy atom. The predicted octanol–water partition coefficient (Wildman–Crippen LogP) is 7.04. The number of carbonyl (C=O) groups excluding carboxylic acids is 4. The van der Waals surface area contributed by atoms with Gasteiger partial charge in [-0.3, -0.25) is 0 Å². The smallest absolute Gasteiger partial charge is 0.211 e. The van der Waals surface area contributed by atoms with Crippen molar-refractivity contribution >= 4 is 35.1 Å². The summed E-state index contributed by atoms with van der Waals surface area (Å²) < 4.78 is 0. The van der Waals surface area contributed by atoms with Crippen LogP contribution >= 0.6 is 0 Å². The third kappa shape index (κ3) is 14.1. The molecule has 0 radical (unpaired) electrons. The number of fused-ring (bicyclic) bond motifs is 1. The van der Waals surface area contributed by atoms with Crippen LogP contribution in [0.4, 0.5) is 0 Å². The maximum Gasteiger partial charge on any atom is 0.237 e. The van der Waals surface area contributed by atoms with E-state index in [0.717, 1.165) is 44.9 Å². The molecule has 1 aliphatic carbocycles. The molecule has 0 aromatic heterocycles. The highest BCUT2D eigenvalue weighted by atomic mass is 16.1. The number of benzene rings is 2. The summed E-state index contributed by atoms with van der Waals surface area (Å²) in [6.07, 6.45) is 13.0. The third-order valence-corrected chi connectivity index (χ3v) is 6.56. The van der Waals surface area contributed by atoms with Crippen molar-refractivity contribution in [3.05, 3.63) is 48.5 Å². The first-order valence-electron chi connectivity index (χ1n) is 13.4. The Morgan fingerprint density at radius 2 is 1.36 bits per heavy atom. The van der Waals surface area contributed by atoms with E-state index in [1.807, 2.05) is 0 Å². The van der Waals surface area contributed by atoms with E-state index >= 15 is 0 Å². The van der Waals surface area contributed by atoms with Gasteiger partial charge in [0.1, 0.15) is 0 Å². The first kappa shape index (κ1) is 33.2. The van der Waals surface area contributed by atoms with E-state index in [1.54, 1.807) is 12.2 Å². The zero-order chi connectivity index (χ0) is 29.0. The van der Waals surface area contributed by atoms with Crippen molar-refractivity contribution in [2.75, 3.05) is 6.54 Å². The molecule has 208 valence electrons. The van der Waals surface area contributed by atoms with E-state index in [4.69, 9.17) is 0 Å². The summed E-state index contributed by atoms with van der Waals surface area (Å²) in [5, 5.41) is 2.62. The number of aliphatic imine (C=N–C) groups is 4. The molecule has 2 aromatic carbocycles. The lowest BCUT2D eigenvalue weighted by molar-refractivity contribution is 0.0915. The van der Waals surface area contributed by atoms with Gasteiger partial charge in [-0.15, -0.1) is 0 Å². The summed E-state index contributed by atoms with van der Waals surface area (Å²) in [5.74, 6) is 0. The lowest BCUT2D eigenvalue weighted by Gasteiger charge is -2.44. The maximum absolute atomic E-state index is 10.3. The number of unbranched alkanes of at least 4 members (excludes halogenated alkanes) is 3. The number of hydrogen-bond acceptors (Lipinski definition) is 8. The summed E-state index contributed by atoms with van der Waals surface area (Å²) in [7, 11) is 0. The maximum atomic E-state index is 10.3. The topological polar surface area (TPSA) is 118 Å². The minimum absolute atomic E-state index is 0.00750. The quantitative estimate of drug-likeness (QED) is 0.185. The highest BCUT2D eigenvalue weighted by molar-refractivity contribution is 5.82. The van der Waals surface area contributed by atoms with Crippen LogP contribution in [0.3, 0.4) is 0 Å². The zero-order valence-corrected chi connectivity index (χ0v) is 23.6. The van der Waals surface area contributed by atoms with Gasteiger partial charge in [0.05, 0.1) is 12.6 Å². The fraction of sp³-hybridized carbons (Fsp3) is 0.548. The molecule has 1 aliphatic rings. The average molecular weight is 533 g/mol. The van der Waals surface area contributed by atoms with Crippen LogP contribution in [0.15, 0.2) is 68.5 Å². The monoisotopic (exact) mass is 532 g/mol. The molecule has 2 aromatic rings. The van der Waals surface area contributed by atoms with Gasteiger partial charge in [0.25, 0.3) is 0 Å². The molecule has 0 spiro atoms. The molecule has 3 rings (SSSR count). The molecular formula is C31H40N4O4. The van der Waals surface area contributed by atoms with Crippen molar-refractivity contribution in [3.8, 4) is 0 Å². The molecular weight excluding hydrogens is 492 g/mol. The van der Waals surface area contributed by atoms with Crippen LogP contribution in [-0.4, -0.2) is 43.1 Å². The minimum Gasteiger partial charge on any atom is -0.211 e. The molecule has 0 aliphatic heterocycles. The minimum atomic E-state index is -0.563. The van der Waals surface area contributed by atoms with Crippen molar-refractivity contribution in [1.29, 1.82) is 0 Å². The van der Waals surface area contributed by atoms with E-state index in [0.29, 0.717) is 13.0 Å². The summed E-state index contributed by atoms with van der Waals surface area (Å²) in [6, 6.07) is 16.7. The second-order valence-electron chi connectivity index (χ2n) is 11.0. The van der Waals surface area contributed by atoms with Crippen molar-refractivity contribution in [2.24, 2.45) is 30.8 Å². The van der Waals surface area contributed by atoms with Gasteiger partial charge in [-0.1, -0.05) is 95.5 Å². The number of nitrogens with zero attached hydrogens (tertiary/aromatic N) is 4. The molecule has 8 nitrogen and oxygen atoms in total. The Bertz CT molecular complexity index is 1120. The Labute approximate surface area is 231 Å². The van der Waals surface area contributed by atoms with Gasteiger partial charge in [-0.2, -0.15) is 9.98 Å². The number of rotatable bonds is 10. The Morgan fingerprint density at radius 1 is 0.795 bits per heavy atom. The highest BCUT2D eigenvalue weighted by Gasteiger charge is 2.41. The molecule has 0 N–H and O–H groups in total. The number of isocyanates is 4. The number of hydrogen-bond donors (Lipinski definition) is 0. The lowest BCUT2D eigenvalue weighted by atomic mass is 9.63. The van der Waals surface area contributed by atoms with Gasteiger partial charge < -0.3 is 0 Å². The van der Waals surface area contributed by atoms with Gasteiger partial charge in [-0.25, -0.2) is 29.2 Å². The van der Waals surface area contributed by atoms with E-state index < -0.39 is 6.17 Å². The van der Waals surface area contributed by atoms with Crippen LogP contribution in [0.1, 0.15) is 79.1 Å². The Balaban J connectivity index is 0.000000300. The van der Waals surface area contributed by atoms with Gasteiger partial charge in [-0.05, 0) is 53.7 Å². The predicted molar refractivity (Wildman–Crippen MR) is 153 cm³/mol. The molecule has 1 fully saturated rings. The molecule has 0 saturated heterocycles. The van der Waals surface area contributed by atoms with Crippen LogP contribution in [0.2, 0.25) is 0 Å². The van der Waals surface area contributed by atoms with E-state index in [1.165, 1.54) is 22.9 Å². The molecule has 0 heterocycles. The first-order valence-corrected chi connectivity index (χ1v) is 13.4. The molecule has 2 unspecified atom stereocenters. The molecule has 39 heavy (non-hydrogen) atoms. The summed E-state index contributed by atoms with van der Waals surface area (Å²) in [4.78, 5) is 54.6. The van der Waals surface area contributed by atoms with Gasteiger partial charge in [0.2, 0.25) is 24.3 Å². The lowest BCUT2D eigenvalue weighted by Crippen LogP contribution is -2.39. The van der Waals surface area contributed by atoms with Crippen LogP contribution in [0, 0.1) is 10.8 Å². The third-order valence-electron chi connectivity index (χ3n) is 6.56. The van der Waals surface area contributed by atoms with Gasteiger partial charge in [0.15, 0.2) is 6.17 Å². The normalized spacial score (nSPS) is 19.5. The highest BCUT2D eigenvalue weighted by Crippen LogP contribution is 2.47. The standard InChI is InChI=1S/C12H18N2O2.C10H8.C9H14N2O2/c1-11(2)4-10(14-9-16)5-12(3,6-11)7-13-8-15;1-2-6-10-8-4-3-7-9(10)5-1;1-2-3-4-5-6-9(10-7-12)11-8-13/h10H,4-7H2,1-3H3;1-8H;9H,2-6H2,1H3. The summed E-state index contributed by atoms with van der Waals surface area (Å²) in [5.41, 5.74) is 0.0561. The SMILES string of the molecule is CC1(C)CC(N=C=O)CC(C)(CN=C=O)C1.CCCCCCC(N=C=O)N=C=O.c1ccc2ccccc2c1. The summed E-state index contributed by atoms with van der Waals surface area (Å²) >= 11 is 0. The Hall–Kier alpha value is -3.78. The average Bonchev–Trinajstić information content (AvgIpc) is 2.90. The molecule has 0 amide bonds. The van der Waals surface area contributed by atoms with Crippen LogP contribution in [0.25, 0.3) is 10.8 Å². The molecule has 1 saturated carbocycles. The molecule has 8 heteroatoms. The van der Waals surface area contributed by atoms with E-state index in [-0.39, 0.29) is 16.9 Å². The van der Waals surface area contributed by atoms with Crippen molar-refractivity contribution in [3.63, 3.8) is 0 Å². The summed E-state index contributed by atoms with van der Waals surface area (Å²) in [6.45, 7) is 8.97. The van der Waals surface area contributed by atoms with Crippen molar-refractivity contribution in [1.82, 2.24) is 0 Å². The first-order chi connectivity index (χ1) is 18.7. The Kier molecular flexibility index (Phi) is 15.7. The fourth-order valence-corrected chi connectivity index (χ4v) is 5.25. The zero-order valence-electron chi connectivity index (χ0n) is 23.6. The molecule has 2 atom stereocenters. The molecule has 0 bridgehead atoms. The largest absolute Gasteiger partial charge is 0.237 e. The second kappa shape index (κ2) is 18.5. The van der Waals surface area contributed by atoms with Crippen molar-refractivity contribution in [2.45, 2.75) is 91.3 Å². The van der Waals surface area contributed by atoms with Gasteiger partial charge >= 0.3 is 0 Å². The van der Waals surface area contributed by atoms with Crippen LogP contribution in [-0.2, 0) is 19.2 Å². The van der Waals surface area contributed by atoms with Crippen LogP contribution in [0.5, 0.6) is 0 Å². The van der Waals surface area contributed by atoms with Crippen LogP contribution < -0.4 is 0 Å². The fourth-order valence-electron chi connectivity index (χ4n) is 5.25. The second-order valence-corrected chi connectivity index (χ2v) is 11.0. The van der Waals surface area contributed by atoms with Gasteiger partial charge in [0, 0.05) is 0 Å². The van der Waals surface area contributed by atoms with Crippen molar-refractivity contribution < 1.29 is 19.2 Å². The van der Waals surface area contributed by atoms with E-state index in [2.05, 4.69) is 96.2 Å².